The van der Waals surface area contributed by atoms with Gasteiger partial charge in [-0.15, -0.1) is 0 Å². The van der Waals surface area contributed by atoms with Gasteiger partial charge in [-0.3, -0.25) is 0 Å². The first kappa shape index (κ1) is 12.9. The lowest BCUT2D eigenvalue weighted by atomic mass is 9.83. The number of ether oxygens (including phenoxy) is 1. The summed E-state index contributed by atoms with van der Waals surface area (Å²) in [7, 11) is 2.03. The van der Waals surface area contributed by atoms with E-state index in [1.54, 1.807) is 0 Å². The second-order valence-electron chi connectivity index (χ2n) is 4.72. The molecule has 0 saturated heterocycles. The summed E-state index contributed by atoms with van der Waals surface area (Å²) in [5, 5.41) is 3.41. The Morgan fingerprint density at radius 1 is 1.41 bits per heavy atom. The molecule has 94 valence electrons. The summed E-state index contributed by atoms with van der Waals surface area (Å²) in [6.07, 6.45) is 3.15. The van der Waals surface area contributed by atoms with Gasteiger partial charge in [0.05, 0.1) is 0 Å². The molecular weight excluding hydrogens is 278 g/mol. The molecule has 1 aromatic carbocycles. The maximum atomic E-state index is 6.26. The lowest BCUT2D eigenvalue weighted by molar-refractivity contribution is 0.0238. The Hall–Kier alpha value is -0.540. The molecule has 1 heterocycles. The molecule has 0 amide bonds. The van der Waals surface area contributed by atoms with Crippen molar-refractivity contribution < 1.29 is 4.74 Å². The van der Waals surface area contributed by atoms with Gasteiger partial charge in [-0.25, -0.2) is 0 Å². The Balaban J connectivity index is 2.42. The van der Waals surface area contributed by atoms with Crippen LogP contribution in [0.25, 0.3) is 0 Å². The highest BCUT2D eigenvalue weighted by Gasteiger charge is 2.37. The Kier molecular flexibility index (Phi) is 3.79. The fourth-order valence-electron chi connectivity index (χ4n) is 2.58. The number of halogens is 1. The van der Waals surface area contributed by atoms with Crippen LogP contribution in [0.1, 0.15) is 44.7 Å². The first-order chi connectivity index (χ1) is 8.14. The molecule has 1 unspecified atom stereocenters. The van der Waals surface area contributed by atoms with Crippen LogP contribution < -0.4 is 10.1 Å². The van der Waals surface area contributed by atoms with Gasteiger partial charge < -0.3 is 10.1 Å². The predicted octanol–water partition coefficient (Wildman–Crippen LogP) is 4.05. The van der Waals surface area contributed by atoms with Crippen LogP contribution >= 0.6 is 15.9 Å². The topological polar surface area (TPSA) is 21.3 Å². The minimum absolute atomic E-state index is 0.0124. The van der Waals surface area contributed by atoms with Gasteiger partial charge in [0.2, 0.25) is 0 Å². The van der Waals surface area contributed by atoms with Gasteiger partial charge in [-0.2, -0.15) is 0 Å². The normalized spacial score (nSPS) is 21.8. The lowest BCUT2D eigenvalue weighted by Crippen LogP contribution is -2.42. The molecule has 0 saturated carbocycles. The van der Waals surface area contributed by atoms with Gasteiger partial charge in [-0.05, 0) is 32.0 Å². The van der Waals surface area contributed by atoms with Crippen molar-refractivity contribution in [1.29, 1.82) is 0 Å². The van der Waals surface area contributed by atoms with E-state index in [-0.39, 0.29) is 5.60 Å². The maximum absolute atomic E-state index is 6.26. The smallest absolute Gasteiger partial charge is 0.126 e. The summed E-state index contributed by atoms with van der Waals surface area (Å²) in [5.41, 5.74) is 1.26. The number of benzene rings is 1. The summed E-state index contributed by atoms with van der Waals surface area (Å²) in [6, 6.07) is 6.71. The maximum Gasteiger partial charge on any atom is 0.126 e. The van der Waals surface area contributed by atoms with Crippen LogP contribution in [0.15, 0.2) is 22.7 Å². The Morgan fingerprint density at radius 2 is 2.12 bits per heavy atom. The summed E-state index contributed by atoms with van der Waals surface area (Å²) in [6.45, 7) is 4.42. The second-order valence-corrected chi connectivity index (χ2v) is 5.64. The number of rotatable bonds is 3. The molecule has 0 spiro atoms. The largest absolute Gasteiger partial charge is 0.487 e. The second kappa shape index (κ2) is 4.99. The van der Waals surface area contributed by atoms with Gasteiger partial charge >= 0.3 is 0 Å². The molecule has 0 aromatic heterocycles. The third kappa shape index (κ3) is 2.36. The highest BCUT2D eigenvalue weighted by molar-refractivity contribution is 9.10. The third-order valence-electron chi connectivity index (χ3n) is 3.89. The zero-order chi connectivity index (χ0) is 12.5. The van der Waals surface area contributed by atoms with Crippen LogP contribution in [0.4, 0.5) is 0 Å². The first-order valence-electron chi connectivity index (χ1n) is 6.30. The fraction of sp³-hybridized carbons (Fsp3) is 0.571. The number of fused-ring (bicyclic) bond motifs is 1. The minimum atomic E-state index is -0.0124. The van der Waals surface area contributed by atoms with E-state index in [0.29, 0.717) is 6.04 Å². The molecular formula is C14H20BrNO. The summed E-state index contributed by atoms with van der Waals surface area (Å²) in [4.78, 5) is 0. The fourth-order valence-corrected chi connectivity index (χ4v) is 2.92. The molecule has 2 nitrogen and oxygen atoms in total. The molecule has 1 N–H and O–H groups in total. The molecule has 0 fully saturated rings. The number of nitrogens with one attached hydrogen (secondary N) is 1. The molecule has 0 aliphatic carbocycles. The van der Waals surface area contributed by atoms with E-state index < -0.39 is 0 Å². The molecule has 1 aliphatic rings. The van der Waals surface area contributed by atoms with Crippen molar-refractivity contribution in [2.24, 2.45) is 0 Å². The van der Waals surface area contributed by atoms with Crippen molar-refractivity contribution in [3.05, 3.63) is 28.2 Å². The van der Waals surface area contributed by atoms with Crippen LogP contribution in [-0.2, 0) is 0 Å². The van der Waals surface area contributed by atoms with E-state index in [1.807, 2.05) is 7.05 Å². The minimum Gasteiger partial charge on any atom is -0.487 e. The highest BCUT2D eigenvalue weighted by Crippen LogP contribution is 2.43. The quantitative estimate of drug-likeness (QED) is 0.909. The van der Waals surface area contributed by atoms with Crippen LogP contribution in [0.2, 0.25) is 0 Å². The van der Waals surface area contributed by atoms with E-state index in [2.05, 4.69) is 53.3 Å². The van der Waals surface area contributed by atoms with Crippen LogP contribution in [0.5, 0.6) is 5.75 Å². The van der Waals surface area contributed by atoms with Crippen molar-refractivity contribution in [1.82, 2.24) is 5.32 Å². The van der Waals surface area contributed by atoms with Crippen LogP contribution in [0, 0.1) is 0 Å². The molecule has 1 aliphatic heterocycles. The Bertz CT molecular complexity index is 401. The third-order valence-corrected chi connectivity index (χ3v) is 4.38. The monoisotopic (exact) mass is 297 g/mol. The average Bonchev–Trinajstić information content (AvgIpc) is 2.36. The Labute approximate surface area is 112 Å². The zero-order valence-electron chi connectivity index (χ0n) is 10.7. The van der Waals surface area contributed by atoms with Crippen LogP contribution in [-0.4, -0.2) is 12.6 Å². The molecule has 3 heteroatoms. The summed E-state index contributed by atoms with van der Waals surface area (Å²) < 4.78 is 7.34. The Morgan fingerprint density at radius 3 is 2.71 bits per heavy atom. The van der Waals surface area contributed by atoms with E-state index in [9.17, 15) is 0 Å². The van der Waals surface area contributed by atoms with Gasteiger partial charge in [0.1, 0.15) is 11.4 Å². The molecule has 0 bridgehead atoms. The standard InChI is InChI=1S/C14H20BrNO/c1-4-14(5-2)9-12(16-3)11-7-6-10(15)8-13(11)17-14/h6-8,12,16H,4-5,9H2,1-3H3. The molecule has 0 radical (unpaired) electrons. The van der Waals surface area contributed by atoms with E-state index >= 15 is 0 Å². The predicted molar refractivity (Wildman–Crippen MR) is 74.5 cm³/mol. The number of hydrogen-bond donors (Lipinski definition) is 1. The van der Waals surface area contributed by atoms with Gasteiger partial charge in [0.25, 0.3) is 0 Å². The zero-order valence-corrected chi connectivity index (χ0v) is 12.3. The van der Waals surface area contributed by atoms with Gasteiger partial charge in [0.15, 0.2) is 0 Å². The van der Waals surface area contributed by atoms with Crippen molar-refractivity contribution in [2.75, 3.05) is 7.05 Å². The van der Waals surface area contributed by atoms with Crippen molar-refractivity contribution >= 4 is 15.9 Å². The highest BCUT2D eigenvalue weighted by atomic mass is 79.9. The van der Waals surface area contributed by atoms with Crippen molar-refractivity contribution in [3.8, 4) is 5.75 Å². The summed E-state index contributed by atoms with van der Waals surface area (Å²) >= 11 is 3.51. The van der Waals surface area contributed by atoms with Gasteiger partial charge in [0, 0.05) is 22.5 Å². The average molecular weight is 298 g/mol. The summed E-state index contributed by atoms with van der Waals surface area (Å²) in [5.74, 6) is 1.02. The first-order valence-corrected chi connectivity index (χ1v) is 7.09. The van der Waals surface area contributed by atoms with E-state index in [1.165, 1.54) is 5.56 Å². The molecule has 17 heavy (non-hydrogen) atoms. The van der Waals surface area contributed by atoms with E-state index in [4.69, 9.17) is 4.74 Å². The lowest BCUT2D eigenvalue weighted by Gasteiger charge is -2.41. The SMILES string of the molecule is CCC1(CC)CC(NC)c2ccc(Br)cc2O1. The molecule has 2 rings (SSSR count). The van der Waals surface area contributed by atoms with E-state index in [0.717, 1.165) is 29.5 Å². The number of hydrogen-bond acceptors (Lipinski definition) is 2. The molecule has 1 atom stereocenters. The van der Waals surface area contributed by atoms with Gasteiger partial charge in [-0.1, -0.05) is 35.8 Å². The van der Waals surface area contributed by atoms with Crippen molar-refractivity contribution in [2.45, 2.75) is 44.8 Å². The molecule has 1 aromatic rings. The van der Waals surface area contributed by atoms with Crippen molar-refractivity contribution in [3.63, 3.8) is 0 Å². The van der Waals surface area contributed by atoms with Crippen LogP contribution in [0.3, 0.4) is 0 Å².